The van der Waals surface area contributed by atoms with E-state index in [-0.39, 0.29) is 5.56 Å². The number of carbonyl (C=O) groups is 1. The van der Waals surface area contributed by atoms with E-state index in [1.165, 1.54) is 17.3 Å². The second kappa shape index (κ2) is 5.92. The number of halogens is 1. The molecular formula is C11H12ClNO2S. The predicted octanol–water partition coefficient (Wildman–Crippen LogP) is 3.24. The van der Waals surface area contributed by atoms with Gasteiger partial charge in [-0.2, -0.15) is 0 Å². The number of thioether (sulfide) groups is 1. The van der Waals surface area contributed by atoms with Crippen LogP contribution in [-0.2, 0) is 0 Å². The molecule has 1 heterocycles. The lowest BCUT2D eigenvalue weighted by Gasteiger charge is -2.08. The second-order valence-corrected chi connectivity index (χ2v) is 4.50. The van der Waals surface area contributed by atoms with Gasteiger partial charge in [-0.15, -0.1) is 11.8 Å². The summed E-state index contributed by atoms with van der Waals surface area (Å²) in [5, 5.41) is 9.64. The maximum Gasteiger partial charge on any atom is 0.338 e. The Morgan fingerprint density at radius 2 is 2.31 bits per heavy atom. The fraction of sp³-hybridized carbons (Fsp3) is 0.273. The van der Waals surface area contributed by atoms with Gasteiger partial charge in [0.15, 0.2) is 0 Å². The number of pyridine rings is 1. The first-order valence-electron chi connectivity index (χ1n) is 4.65. The van der Waals surface area contributed by atoms with Crippen molar-refractivity contribution in [1.82, 2.24) is 4.98 Å². The lowest BCUT2D eigenvalue weighted by atomic mass is 10.1. The van der Waals surface area contributed by atoms with Crippen LogP contribution in [0.2, 0.25) is 0 Å². The number of aromatic carboxylic acids is 1. The number of hydrogen-bond acceptors (Lipinski definition) is 3. The van der Waals surface area contributed by atoms with Gasteiger partial charge >= 0.3 is 5.97 Å². The first kappa shape index (κ1) is 13.1. The Morgan fingerprint density at radius 3 is 2.88 bits per heavy atom. The largest absolute Gasteiger partial charge is 0.478 e. The smallest absolute Gasteiger partial charge is 0.338 e. The highest BCUT2D eigenvalue weighted by atomic mass is 35.5. The van der Waals surface area contributed by atoms with Crippen LogP contribution in [0.15, 0.2) is 22.7 Å². The highest BCUT2D eigenvalue weighted by molar-refractivity contribution is 7.99. The molecule has 0 bridgehead atoms. The van der Waals surface area contributed by atoms with Crippen molar-refractivity contribution in [3.63, 3.8) is 0 Å². The average Bonchev–Trinajstić information content (AvgIpc) is 2.16. The minimum Gasteiger partial charge on any atom is -0.478 e. The zero-order valence-electron chi connectivity index (χ0n) is 9.03. The Kier molecular flexibility index (Phi) is 4.83. The second-order valence-electron chi connectivity index (χ2n) is 3.24. The topological polar surface area (TPSA) is 50.2 Å². The zero-order chi connectivity index (χ0) is 12.1. The van der Waals surface area contributed by atoms with Crippen molar-refractivity contribution in [2.45, 2.75) is 18.9 Å². The molecule has 0 fully saturated rings. The Labute approximate surface area is 104 Å². The molecule has 1 aromatic heterocycles. The molecule has 0 saturated heterocycles. The van der Waals surface area contributed by atoms with E-state index in [4.69, 9.17) is 16.7 Å². The van der Waals surface area contributed by atoms with Crippen LogP contribution in [0.5, 0.6) is 0 Å². The Balaban J connectivity index is 3.08. The van der Waals surface area contributed by atoms with Crippen LogP contribution in [0.25, 0.3) is 0 Å². The first-order valence-corrected chi connectivity index (χ1v) is 6.08. The molecule has 5 heteroatoms. The Morgan fingerprint density at radius 1 is 1.62 bits per heavy atom. The lowest BCUT2D eigenvalue weighted by Crippen LogP contribution is -2.05. The van der Waals surface area contributed by atoms with E-state index in [1.807, 2.05) is 6.92 Å². The van der Waals surface area contributed by atoms with Crippen LogP contribution < -0.4 is 0 Å². The summed E-state index contributed by atoms with van der Waals surface area (Å²) in [6.45, 7) is 3.62. The molecule has 0 spiro atoms. The minimum absolute atomic E-state index is 0.276. The van der Waals surface area contributed by atoms with Crippen molar-refractivity contribution in [2.24, 2.45) is 0 Å². The summed E-state index contributed by atoms with van der Waals surface area (Å²) >= 11 is 6.77. The molecule has 3 nitrogen and oxygen atoms in total. The van der Waals surface area contributed by atoms with Crippen molar-refractivity contribution in [1.29, 1.82) is 0 Å². The number of aryl methyl sites for hydroxylation is 2. The third kappa shape index (κ3) is 3.25. The number of aromatic nitrogens is 1. The van der Waals surface area contributed by atoms with Crippen LogP contribution in [0, 0.1) is 13.8 Å². The summed E-state index contributed by atoms with van der Waals surface area (Å²) < 4.78 is 0. The number of rotatable bonds is 4. The van der Waals surface area contributed by atoms with Crippen LogP contribution in [0.3, 0.4) is 0 Å². The van der Waals surface area contributed by atoms with Crippen molar-refractivity contribution in [3.05, 3.63) is 34.5 Å². The van der Waals surface area contributed by atoms with E-state index in [0.717, 1.165) is 11.3 Å². The standard InChI is InChI=1S/C11H12ClNO2S/c1-7-6-8(2)13-10(9(7)11(14)15)16-5-3-4-12/h3-4,6H,5H2,1-2H3,(H,14,15). The third-order valence-electron chi connectivity index (χ3n) is 1.93. The van der Waals surface area contributed by atoms with E-state index in [2.05, 4.69) is 4.98 Å². The SMILES string of the molecule is Cc1cc(C)c(C(=O)O)c(SCC=CCl)n1. The molecule has 0 radical (unpaired) electrons. The van der Waals surface area contributed by atoms with Gasteiger partial charge in [0, 0.05) is 17.0 Å². The molecule has 1 rings (SSSR count). The van der Waals surface area contributed by atoms with Crippen LogP contribution in [0.4, 0.5) is 0 Å². The van der Waals surface area contributed by atoms with Gasteiger partial charge < -0.3 is 5.11 Å². The summed E-state index contributed by atoms with van der Waals surface area (Å²) in [7, 11) is 0. The number of nitrogens with zero attached hydrogens (tertiary/aromatic N) is 1. The number of hydrogen-bond donors (Lipinski definition) is 1. The summed E-state index contributed by atoms with van der Waals surface area (Å²) in [6.07, 6.45) is 1.75. The quantitative estimate of drug-likeness (QED) is 0.842. The summed E-state index contributed by atoms with van der Waals surface area (Å²) in [5.41, 5.74) is 3.24. The molecule has 0 atom stereocenters. The van der Waals surface area contributed by atoms with E-state index in [9.17, 15) is 4.79 Å². The van der Waals surface area contributed by atoms with Crippen LogP contribution >= 0.6 is 23.4 Å². The van der Waals surface area contributed by atoms with Gasteiger partial charge in [0.05, 0.1) is 5.56 Å². The molecular weight excluding hydrogens is 246 g/mol. The maximum atomic E-state index is 11.1. The van der Waals surface area contributed by atoms with Crippen LogP contribution in [0.1, 0.15) is 21.6 Å². The van der Waals surface area contributed by atoms with E-state index < -0.39 is 5.97 Å². The van der Waals surface area contributed by atoms with Crippen molar-refractivity contribution in [3.8, 4) is 0 Å². The van der Waals surface area contributed by atoms with Gasteiger partial charge in [-0.1, -0.05) is 17.7 Å². The first-order chi connectivity index (χ1) is 7.56. The summed E-state index contributed by atoms with van der Waals surface area (Å²) in [6, 6.07) is 1.77. The molecule has 0 amide bonds. The Bertz CT molecular complexity index is 432. The molecule has 0 aliphatic rings. The molecule has 86 valence electrons. The molecule has 0 aromatic carbocycles. The summed E-state index contributed by atoms with van der Waals surface area (Å²) in [5.74, 6) is -0.331. The number of carboxylic acids is 1. The predicted molar refractivity (Wildman–Crippen MR) is 66.4 cm³/mol. The van der Waals surface area contributed by atoms with E-state index in [0.29, 0.717) is 10.8 Å². The molecule has 0 aliphatic carbocycles. The van der Waals surface area contributed by atoms with Crippen LogP contribution in [-0.4, -0.2) is 21.8 Å². The highest BCUT2D eigenvalue weighted by Crippen LogP contribution is 2.24. The normalized spacial score (nSPS) is 10.9. The maximum absolute atomic E-state index is 11.1. The van der Waals surface area contributed by atoms with Gasteiger partial charge in [-0.05, 0) is 25.5 Å². The highest BCUT2D eigenvalue weighted by Gasteiger charge is 2.15. The molecule has 1 aromatic rings. The summed E-state index contributed by atoms with van der Waals surface area (Å²) in [4.78, 5) is 15.3. The van der Waals surface area contributed by atoms with Gasteiger partial charge in [0.2, 0.25) is 0 Å². The average molecular weight is 258 g/mol. The fourth-order valence-corrected chi connectivity index (χ4v) is 2.48. The van der Waals surface area contributed by atoms with Gasteiger partial charge in [-0.25, -0.2) is 9.78 Å². The Hall–Kier alpha value is -1.00. The minimum atomic E-state index is -0.942. The third-order valence-corrected chi connectivity index (χ3v) is 3.04. The monoisotopic (exact) mass is 257 g/mol. The van der Waals surface area contributed by atoms with E-state index in [1.54, 1.807) is 19.1 Å². The number of carboxylic acid groups (broad SMARTS) is 1. The van der Waals surface area contributed by atoms with Crippen molar-refractivity contribution < 1.29 is 9.90 Å². The fourth-order valence-electron chi connectivity index (χ4n) is 1.33. The lowest BCUT2D eigenvalue weighted by molar-refractivity contribution is 0.0691. The molecule has 0 aliphatic heterocycles. The van der Waals surface area contributed by atoms with Gasteiger partial charge in [0.25, 0.3) is 0 Å². The van der Waals surface area contributed by atoms with E-state index >= 15 is 0 Å². The molecule has 0 unspecified atom stereocenters. The molecule has 0 saturated carbocycles. The van der Waals surface area contributed by atoms with Crippen molar-refractivity contribution in [2.75, 3.05) is 5.75 Å². The molecule has 16 heavy (non-hydrogen) atoms. The zero-order valence-corrected chi connectivity index (χ0v) is 10.6. The van der Waals surface area contributed by atoms with Gasteiger partial charge in [-0.3, -0.25) is 0 Å². The van der Waals surface area contributed by atoms with Crippen molar-refractivity contribution >= 4 is 29.3 Å². The molecule has 1 N–H and O–H groups in total. The van der Waals surface area contributed by atoms with Gasteiger partial charge in [0.1, 0.15) is 5.03 Å².